The molecular weight excluding hydrogens is 258 g/mol. The molecule has 1 N–H and O–H groups in total. The summed E-state index contributed by atoms with van der Waals surface area (Å²) >= 11 is 6.47. The second-order valence-corrected chi connectivity index (χ2v) is 6.47. The van der Waals surface area contributed by atoms with E-state index < -0.39 is 0 Å². The van der Waals surface area contributed by atoms with Crippen LogP contribution in [0, 0.1) is 5.41 Å². The van der Waals surface area contributed by atoms with Crippen LogP contribution >= 0.6 is 11.6 Å². The SMILES string of the molecule is CCc1nn(C)c(CC(NC)C2(C)CCCC2)c1Cl. The van der Waals surface area contributed by atoms with Crippen LogP contribution in [0.1, 0.15) is 50.9 Å². The maximum Gasteiger partial charge on any atom is 0.0850 e. The zero-order valence-corrected chi connectivity index (χ0v) is 13.3. The Morgan fingerprint density at radius 3 is 2.53 bits per heavy atom. The Bertz CT molecular complexity index is 433. The van der Waals surface area contributed by atoms with Gasteiger partial charge in [0, 0.05) is 19.5 Å². The molecule has 19 heavy (non-hydrogen) atoms. The molecule has 1 heterocycles. The highest BCUT2D eigenvalue weighted by Crippen LogP contribution is 2.42. The molecule has 108 valence electrons. The summed E-state index contributed by atoms with van der Waals surface area (Å²) in [6.07, 6.45) is 7.20. The molecule has 0 amide bonds. The summed E-state index contributed by atoms with van der Waals surface area (Å²) in [5.41, 5.74) is 2.59. The molecule has 0 bridgehead atoms. The first-order valence-corrected chi connectivity index (χ1v) is 7.77. The van der Waals surface area contributed by atoms with Crippen molar-refractivity contribution in [1.82, 2.24) is 15.1 Å². The topological polar surface area (TPSA) is 29.9 Å². The van der Waals surface area contributed by atoms with Gasteiger partial charge in [-0.3, -0.25) is 4.68 Å². The van der Waals surface area contributed by atoms with E-state index in [1.807, 2.05) is 11.7 Å². The van der Waals surface area contributed by atoms with Crippen LogP contribution in [0.4, 0.5) is 0 Å². The molecule has 4 heteroatoms. The largest absolute Gasteiger partial charge is 0.316 e. The van der Waals surface area contributed by atoms with Gasteiger partial charge < -0.3 is 5.32 Å². The number of nitrogens with zero attached hydrogens (tertiary/aromatic N) is 2. The van der Waals surface area contributed by atoms with Crippen LogP contribution in [0.15, 0.2) is 0 Å². The highest BCUT2D eigenvalue weighted by Gasteiger charge is 2.37. The molecule has 1 aliphatic carbocycles. The normalized spacial score (nSPS) is 19.8. The van der Waals surface area contributed by atoms with Crippen LogP contribution in [-0.2, 0) is 19.9 Å². The van der Waals surface area contributed by atoms with E-state index in [0.29, 0.717) is 11.5 Å². The summed E-state index contributed by atoms with van der Waals surface area (Å²) in [5, 5.41) is 8.90. The van der Waals surface area contributed by atoms with Crippen molar-refractivity contribution < 1.29 is 0 Å². The van der Waals surface area contributed by atoms with Gasteiger partial charge >= 0.3 is 0 Å². The fraction of sp³-hybridized carbons (Fsp3) is 0.800. The van der Waals surface area contributed by atoms with Crippen molar-refractivity contribution in [2.75, 3.05) is 7.05 Å². The molecule has 1 aromatic rings. The van der Waals surface area contributed by atoms with E-state index in [4.69, 9.17) is 11.6 Å². The monoisotopic (exact) mass is 283 g/mol. The third-order valence-electron chi connectivity index (χ3n) is 4.84. The third kappa shape index (κ3) is 2.82. The summed E-state index contributed by atoms with van der Waals surface area (Å²) < 4.78 is 1.96. The summed E-state index contributed by atoms with van der Waals surface area (Å²) in [6, 6.07) is 0.479. The molecule has 3 nitrogen and oxygen atoms in total. The van der Waals surface area contributed by atoms with Crippen LogP contribution in [0.25, 0.3) is 0 Å². The lowest BCUT2D eigenvalue weighted by Gasteiger charge is -2.34. The Balaban J connectivity index is 2.21. The van der Waals surface area contributed by atoms with Crippen LogP contribution in [0.5, 0.6) is 0 Å². The van der Waals surface area contributed by atoms with Crippen LogP contribution in [-0.4, -0.2) is 22.9 Å². The first-order valence-electron chi connectivity index (χ1n) is 7.39. The summed E-state index contributed by atoms with van der Waals surface area (Å²) in [6.45, 7) is 4.51. The van der Waals surface area contributed by atoms with Crippen LogP contribution in [0.3, 0.4) is 0 Å². The van der Waals surface area contributed by atoms with E-state index in [1.54, 1.807) is 0 Å². The van der Waals surface area contributed by atoms with Crippen molar-refractivity contribution in [2.24, 2.45) is 12.5 Å². The zero-order chi connectivity index (χ0) is 14.0. The number of likely N-dealkylation sites (N-methyl/N-ethyl adjacent to an activating group) is 1. The van der Waals surface area contributed by atoms with Gasteiger partial charge in [-0.2, -0.15) is 5.10 Å². The van der Waals surface area contributed by atoms with E-state index in [0.717, 1.165) is 23.6 Å². The Morgan fingerprint density at radius 2 is 2.05 bits per heavy atom. The van der Waals surface area contributed by atoms with E-state index in [-0.39, 0.29) is 0 Å². The zero-order valence-electron chi connectivity index (χ0n) is 12.6. The number of aryl methyl sites for hydroxylation is 2. The van der Waals surface area contributed by atoms with E-state index in [9.17, 15) is 0 Å². The van der Waals surface area contributed by atoms with Gasteiger partial charge in [0.15, 0.2) is 0 Å². The molecule has 1 fully saturated rings. The highest BCUT2D eigenvalue weighted by atomic mass is 35.5. The molecule has 0 spiro atoms. The molecule has 2 rings (SSSR count). The summed E-state index contributed by atoms with van der Waals surface area (Å²) in [7, 11) is 4.07. The Labute approximate surface area is 121 Å². The molecular formula is C15H26ClN3. The van der Waals surface area contributed by atoms with Crippen molar-refractivity contribution in [3.8, 4) is 0 Å². The van der Waals surface area contributed by atoms with Crippen LogP contribution < -0.4 is 5.32 Å². The van der Waals surface area contributed by atoms with Gasteiger partial charge in [-0.25, -0.2) is 0 Å². The average Bonchev–Trinajstić information content (AvgIpc) is 2.93. The smallest absolute Gasteiger partial charge is 0.0850 e. The summed E-state index contributed by atoms with van der Waals surface area (Å²) in [5.74, 6) is 0. The van der Waals surface area contributed by atoms with Crippen molar-refractivity contribution in [3.63, 3.8) is 0 Å². The molecule has 1 atom stereocenters. The lowest BCUT2D eigenvalue weighted by Crippen LogP contribution is -2.42. The highest BCUT2D eigenvalue weighted by molar-refractivity contribution is 6.31. The fourth-order valence-corrected chi connectivity index (χ4v) is 3.83. The Hall–Kier alpha value is -0.540. The van der Waals surface area contributed by atoms with E-state index >= 15 is 0 Å². The summed E-state index contributed by atoms with van der Waals surface area (Å²) in [4.78, 5) is 0. The van der Waals surface area contributed by atoms with Crippen molar-refractivity contribution in [3.05, 3.63) is 16.4 Å². The molecule has 1 aliphatic rings. The quantitative estimate of drug-likeness (QED) is 0.898. The predicted octanol–water partition coefficient (Wildman–Crippen LogP) is 3.35. The first kappa shape index (κ1) is 14.9. The minimum absolute atomic E-state index is 0.398. The average molecular weight is 284 g/mol. The molecule has 0 aromatic carbocycles. The lowest BCUT2D eigenvalue weighted by molar-refractivity contribution is 0.227. The number of nitrogens with one attached hydrogen (secondary N) is 1. The number of rotatable bonds is 5. The standard InChI is InChI=1S/C15H26ClN3/c1-5-11-14(16)12(19(4)18-11)10-13(17-3)15(2)8-6-7-9-15/h13,17H,5-10H2,1-4H3. The number of aromatic nitrogens is 2. The van der Waals surface area contributed by atoms with E-state index in [2.05, 4.69) is 31.3 Å². The van der Waals surface area contributed by atoms with Crippen molar-refractivity contribution in [2.45, 2.75) is 58.4 Å². The van der Waals surface area contributed by atoms with Crippen molar-refractivity contribution in [1.29, 1.82) is 0 Å². The molecule has 1 saturated carbocycles. The van der Waals surface area contributed by atoms with Gasteiger partial charge in [0.25, 0.3) is 0 Å². The molecule has 1 unspecified atom stereocenters. The van der Waals surface area contributed by atoms with Gasteiger partial charge in [0.05, 0.1) is 16.4 Å². The molecule has 0 aliphatic heterocycles. The third-order valence-corrected chi connectivity index (χ3v) is 5.27. The lowest BCUT2D eigenvalue weighted by atomic mass is 9.78. The van der Waals surface area contributed by atoms with E-state index in [1.165, 1.54) is 31.4 Å². The van der Waals surface area contributed by atoms with Gasteiger partial charge in [0.2, 0.25) is 0 Å². The molecule has 0 radical (unpaired) electrons. The van der Waals surface area contributed by atoms with Gasteiger partial charge in [-0.1, -0.05) is 38.3 Å². The molecule has 1 aromatic heterocycles. The number of halogens is 1. The van der Waals surface area contributed by atoms with Crippen LogP contribution in [0.2, 0.25) is 5.02 Å². The fourth-order valence-electron chi connectivity index (χ4n) is 3.46. The second kappa shape index (κ2) is 5.84. The van der Waals surface area contributed by atoms with Gasteiger partial charge in [-0.05, 0) is 31.7 Å². The predicted molar refractivity (Wildman–Crippen MR) is 80.7 cm³/mol. The first-order chi connectivity index (χ1) is 9.01. The van der Waals surface area contributed by atoms with Gasteiger partial charge in [0.1, 0.15) is 0 Å². The number of hydrogen-bond donors (Lipinski definition) is 1. The Kier molecular flexibility index (Phi) is 4.57. The molecule has 0 saturated heterocycles. The maximum absolute atomic E-state index is 6.47. The minimum Gasteiger partial charge on any atom is -0.316 e. The van der Waals surface area contributed by atoms with Gasteiger partial charge in [-0.15, -0.1) is 0 Å². The number of hydrogen-bond acceptors (Lipinski definition) is 2. The minimum atomic E-state index is 0.398. The second-order valence-electron chi connectivity index (χ2n) is 6.09. The maximum atomic E-state index is 6.47. The Morgan fingerprint density at radius 1 is 1.42 bits per heavy atom. The van der Waals surface area contributed by atoms with Crippen molar-refractivity contribution >= 4 is 11.6 Å².